The standard InChI is InChI=1S/C17H20FN5O/c18-13-3-5-14(6-4-13)19-17(24)22-10-7-12(8-11-22)16-21-20-15-2-1-9-23(15)16/h3-6,12H,1-2,7-11H2,(H,19,24). The molecule has 3 heterocycles. The first-order valence-corrected chi connectivity index (χ1v) is 8.44. The van der Waals surface area contributed by atoms with Crippen molar-refractivity contribution >= 4 is 11.7 Å². The number of nitrogens with zero attached hydrogens (tertiary/aromatic N) is 4. The van der Waals surface area contributed by atoms with Gasteiger partial charge < -0.3 is 14.8 Å². The second-order valence-electron chi connectivity index (χ2n) is 6.43. The van der Waals surface area contributed by atoms with E-state index in [2.05, 4.69) is 20.1 Å². The number of anilines is 1. The summed E-state index contributed by atoms with van der Waals surface area (Å²) in [5.74, 6) is 2.25. The predicted octanol–water partition coefficient (Wildman–Crippen LogP) is 2.77. The van der Waals surface area contributed by atoms with Crippen LogP contribution in [0.5, 0.6) is 0 Å². The van der Waals surface area contributed by atoms with E-state index in [9.17, 15) is 9.18 Å². The van der Waals surface area contributed by atoms with Crippen LogP contribution in [0, 0.1) is 5.82 Å². The zero-order chi connectivity index (χ0) is 16.5. The van der Waals surface area contributed by atoms with Gasteiger partial charge in [-0.25, -0.2) is 9.18 Å². The van der Waals surface area contributed by atoms with Crippen molar-refractivity contribution in [3.8, 4) is 0 Å². The van der Waals surface area contributed by atoms with E-state index in [4.69, 9.17) is 0 Å². The van der Waals surface area contributed by atoms with Crippen LogP contribution in [0.1, 0.15) is 36.8 Å². The predicted molar refractivity (Wildman–Crippen MR) is 87.3 cm³/mol. The minimum atomic E-state index is -0.311. The number of fused-ring (bicyclic) bond motifs is 1. The number of carbonyl (C=O) groups excluding carboxylic acids is 1. The van der Waals surface area contributed by atoms with Crippen molar-refractivity contribution in [1.29, 1.82) is 0 Å². The molecule has 4 rings (SSSR count). The zero-order valence-electron chi connectivity index (χ0n) is 13.4. The van der Waals surface area contributed by atoms with Crippen LogP contribution in [0.3, 0.4) is 0 Å². The van der Waals surface area contributed by atoms with Gasteiger partial charge in [-0.2, -0.15) is 0 Å². The van der Waals surface area contributed by atoms with Crippen molar-refractivity contribution in [3.05, 3.63) is 41.7 Å². The van der Waals surface area contributed by atoms with Gasteiger partial charge in [0.05, 0.1) is 0 Å². The van der Waals surface area contributed by atoms with E-state index in [1.807, 2.05) is 0 Å². The third kappa shape index (κ3) is 2.86. The Balaban J connectivity index is 1.35. The van der Waals surface area contributed by atoms with Crippen molar-refractivity contribution in [3.63, 3.8) is 0 Å². The van der Waals surface area contributed by atoms with E-state index in [1.165, 1.54) is 12.1 Å². The van der Waals surface area contributed by atoms with Crippen molar-refractivity contribution in [2.45, 2.75) is 38.1 Å². The quantitative estimate of drug-likeness (QED) is 0.921. The number of nitrogens with one attached hydrogen (secondary N) is 1. The molecule has 0 bridgehead atoms. The molecule has 1 aromatic heterocycles. The highest BCUT2D eigenvalue weighted by Gasteiger charge is 2.29. The molecule has 24 heavy (non-hydrogen) atoms. The molecule has 2 aliphatic heterocycles. The summed E-state index contributed by atoms with van der Waals surface area (Å²) in [6.07, 6.45) is 3.96. The number of rotatable bonds is 2. The van der Waals surface area contributed by atoms with Crippen LogP contribution < -0.4 is 5.32 Å². The maximum atomic E-state index is 12.9. The Hall–Kier alpha value is -2.44. The molecule has 2 aromatic rings. The van der Waals surface area contributed by atoms with Gasteiger partial charge >= 0.3 is 6.03 Å². The number of halogens is 1. The maximum absolute atomic E-state index is 12.9. The van der Waals surface area contributed by atoms with Gasteiger partial charge in [0.15, 0.2) is 0 Å². The van der Waals surface area contributed by atoms with E-state index >= 15 is 0 Å². The molecule has 126 valence electrons. The lowest BCUT2D eigenvalue weighted by Crippen LogP contribution is -2.40. The topological polar surface area (TPSA) is 63.1 Å². The minimum Gasteiger partial charge on any atom is -0.324 e. The van der Waals surface area contributed by atoms with Gasteiger partial charge in [0.1, 0.15) is 17.5 Å². The van der Waals surface area contributed by atoms with Crippen molar-refractivity contribution in [2.75, 3.05) is 18.4 Å². The summed E-state index contributed by atoms with van der Waals surface area (Å²) in [6.45, 7) is 2.41. The average molecular weight is 329 g/mol. The Morgan fingerprint density at radius 2 is 1.88 bits per heavy atom. The Morgan fingerprint density at radius 3 is 2.62 bits per heavy atom. The van der Waals surface area contributed by atoms with Gasteiger partial charge in [-0.15, -0.1) is 10.2 Å². The highest BCUT2D eigenvalue weighted by Crippen LogP contribution is 2.29. The number of aromatic nitrogens is 3. The molecule has 1 N–H and O–H groups in total. The Bertz CT molecular complexity index is 734. The van der Waals surface area contributed by atoms with Gasteiger partial charge in [0.2, 0.25) is 0 Å². The van der Waals surface area contributed by atoms with Crippen molar-refractivity contribution < 1.29 is 9.18 Å². The molecule has 2 amide bonds. The lowest BCUT2D eigenvalue weighted by Gasteiger charge is -2.31. The fourth-order valence-corrected chi connectivity index (χ4v) is 3.55. The molecule has 0 saturated carbocycles. The number of urea groups is 1. The molecular weight excluding hydrogens is 309 g/mol. The Kier molecular flexibility index (Phi) is 3.92. The molecule has 1 aromatic carbocycles. The maximum Gasteiger partial charge on any atom is 0.321 e. The van der Waals surface area contributed by atoms with E-state index < -0.39 is 0 Å². The van der Waals surface area contributed by atoms with Crippen molar-refractivity contribution in [1.82, 2.24) is 19.7 Å². The number of piperidine rings is 1. The van der Waals surface area contributed by atoms with Gasteiger partial charge in [0, 0.05) is 37.7 Å². The molecule has 0 spiro atoms. The third-order valence-electron chi connectivity index (χ3n) is 4.88. The van der Waals surface area contributed by atoms with Crippen LogP contribution in [0.25, 0.3) is 0 Å². The highest BCUT2D eigenvalue weighted by atomic mass is 19.1. The van der Waals surface area contributed by atoms with Gasteiger partial charge in [-0.3, -0.25) is 0 Å². The molecule has 7 heteroatoms. The third-order valence-corrected chi connectivity index (χ3v) is 4.88. The molecule has 0 radical (unpaired) electrons. The summed E-state index contributed by atoms with van der Waals surface area (Å²) in [4.78, 5) is 14.1. The van der Waals surface area contributed by atoms with E-state index in [0.717, 1.165) is 43.9 Å². The largest absolute Gasteiger partial charge is 0.324 e. The monoisotopic (exact) mass is 329 g/mol. The first-order chi connectivity index (χ1) is 11.7. The smallest absolute Gasteiger partial charge is 0.321 e. The first kappa shape index (κ1) is 15.1. The van der Waals surface area contributed by atoms with Crippen molar-refractivity contribution in [2.24, 2.45) is 0 Å². The Morgan fingerprint density at radius 1 is 1.12 bits per heavy atom. The van der Waals surface area contributed by atoms with E-state index in [0.29, 0.717) is 24.7 Å². The van der Waals surface area contributed by atoms with E-state index in [1.54, 1.807) is 17.0 Å². The first-order valence-electron chi connectivity index (χ1n) is 8.44. The molecule has 2 aliphatic rings. The number of benzene rings is 1. The fraction of sp³-hybridized carbons (Fsp3) is 0.471. The number of likely N-dealkylation sites (tertiary alicyclic amines) is 1. The lowest BCUT2D eigenvalue weighted by molar-refractivity contribution is 0.193. The Labute approximate surface area is 139 Å². The molecule has 1 saturated heterocycles. The molecule has 1 fully saturated rings. The zero-order valence-corrected chi connectivity index (χ0v) is 13.4. The van der Waals surface area contributed by atoms with Crippen LogP contribution in [-0.2, 0) is 13.0 Å². The molecule has 6 nitrogen and oxygen atoms in total. The fourth-order valence-electron chi connectivity index (χ4n) is 3.55. The minimum absolute atomic E-state index is 0.133. The van der Waals surface area contributed by atoms with Gasteiger partial charge in [-0.1, -0.05) is 0 Å². The van der Waals surface area contributed by atoms with Gasteiger partial charge in [0.25, 0.3) is 0 Å². The number of hydrogen-bond acceptors (Lipinski definition) is 3. The molecule has 0 atom stereocenters. The number of hydrogen-bond donors (Lipinski definition) is 1. The SMILES string of the molecule is O=C(Nc1ccc(F)cc1)N1CCC(c2nnc3n2CCC3)CC1. The van der Waals surface area contributed by atoms with E-state index in [-0.39, 0.29) is 11.8 Å². The molecular formula is C17H20FN5O. The second kappa shape index (κ2) is 6.22. The van der Waals surface area contributed by atoms with Gasteiger partial charge in [-0.05, 0) is 43.5 Å². The number of aryl methyl sites for hydroxylation is 1. The summed E-state index contributed by atoms with van der Waals surface area (Å²) >= 11 is 0. The van der Waals surface area contributed by atoms with Crippen LogP contribution in [-0.4, -0.2) is 38.8 Å². The summed E-state index contributed by atoms with van der Waals surface area (Å²) in [5.41, 5.74) is 0.610. The summed E-state index contributed by atoms with van der Waals surface area (Å²) in [7, 11) is 0. The normalized spacial score (nSPS) is 17.8. The summed E-state index contributed by atoms with van der Waals surface area (Å²) < 4.78 is 15.2. The van der Waals surface area contributed by atoms with Crippen LogP contribution in [0.2, 0.25) is 0 Å². The second-order valence-corrected chi connectivity index (χ2v) is 6.43. The van der Waals surface area contributed by atoms with Crippen LogP contribution in [0.4, 0.5) is 14.9 Å². The number of carbonyl (C=O) groups is 1. The number of amides is 2. The molecule has 0 unspecified atom stereocenters. The van der Waals surface area contributed by atoms with Crippen LogP contribution in [0.15, 0.2) is 24.3 Å². The van der Waals surface area contributed by atoms with Crippen LogP contribution >= 0.6 is 0 Å². The molecule has 0 aliphatic carbocycles. The summed E-state index contributed by atoms with van der Waals surface area (Å²) in [6, 6.07) is 5.69. The highest BCUT2D eigenvalue weighted by molar-refractivity contribution is 5.89. The average Bonchev–Trinajstić information content (AvgIpc) is 3.20. The summed E-state index contributed by atoms with van der Waals surface area (Å²) in [5, 5.41) is 11.5. The lowest BCUT2D eigenvalue weighted by atomic mass is 9.96.